The fourth-order valence-electron chi connectivity index (χ4n) is 1.90. The highest BCUT2D eigenvalue weighted by molar-refractivity contribution is 6.05. The fourth-order valence-corrected chi connectivity index (χ4v) is 1.90. The third kappa shape index (κ3) is 3.70. The minimum absolute atomic E-state index is 0.0571. The molecule has 0 saturated carbocycles. The SMILES string of the molecule is Cc1ccc(C(=O)NCC#N)cc1NC(=O)c1ccccc1. The van der Waals surface area contributed by atoms with E-state index in [0.29, 0.717) is 16.8 Å². The minimum Gasteiger partial charge on any atom is -0.339 e. The van der Waals surface area contributed by atoms with E-state index in [1.807, 2.05) is 19.1 Å². The van der Waals surface area contributed by atoms with Crippen LogP contribution in [0.4, 0.5) is 5.69 Å². The number of rotatable bonds is 4. The molecule has 2 aromatic carbocycles. The monoisotopic (exact) mass is 293 g/mol. The Morgan fingerprint density at radius 2 is 1.77 bits per heavy atom. The first-order valence-electron chi connectivity index (χ1n) is 6.74. The summed E-state index contributed by atoms with van der Waals surface area (Å²) in [6.07, 6.45) is 0. The molecule has 0 aliphatic heterocycles. The molecule has 0 unspecified atom stereocenters. The van der Waals surface area contributed by atoms with Crippen LogP contribution in [0.25, 0.3) is 0 Å². The number of nitrogens with one attached hydrogen (secondary N) is 2. The Bertz CT molecular complexity index is 733. The van der Waals surface area contributed by atoms with E-state index in [1.165, 1.54) is 0 Å². The average molecular weight is 293 g/mol. The minimum atomic E-state index is -0.350. The van der Waals surface area contributed by atoms with Gasteiger partial charge in [0.25, 0.3) is 11.8 Å². The summed E-state index contributed by atoms with van der Waals surface area (Å²) in [7, 11) is 0. The van der Waals surface area contributed by atoms with Gasteiger partial charge in [-0.1, -0.05) is 24.3 Å². The van der Waals surface area contributed by atoms with Crippen LogP contribution >= 0.6 is 0 Å². The van der Waals surface area contributed by atoms with Gasteiger partial charge in [-0.25, -0.2) is 0 Å². The first-order chi connectivity index (χ1) is 10.6. The number of nitriles is 1. The number of nitrogens with zero attached hydrogens (tertiary/aromatic N) is 1. The van der Waals surface area contributed by atoms with Gasteiger partial charge in [0.2, 0.25) is 0 Å². The maximum Gasteiger partial charge on any atom is 0.255 e. The molecular weight excluding hydrogens is 278 g/mol. The second-order valence-corrected chi connectivity index (χ2v) is 4.69. The molecule has 2 aromatic rings. The molecule has 0 atom stereocenters. The number of aryl methyl sites for hydroxylation is 1. The molecule has 22 heavy (non-hydrogen) atoms. The quantitative estimate of drug-likeness (QED) is 0.850. The van der Waals surface area contributed by atoms with Gasteiger partial charge in [0.05, 0.1) is 6.07 Å². The summed E-state index contributed by atoms with van der Waals surface area (Å²) in [5.41, 5.74) is 2.35. The van der Waals surface area contributed by atoms with Crippen molar-refractivity contribution in [3.63, 3.8) is 0 Å². The summed E-state index contributed by atoms with van der Waals surface area (Å²) in [5.74, 6) is -0.588. The van der Waals surface area contributed by atoms with Gasteiger partial charge < -0.3 is 10.6 Å². The predicted octanol–water partition coefficient (Wildman–Crippen LogP) is 2.50. The molecule has 0 radical (unpaired) electrons. The van der Waals surface area contributed by atoms with Crippen molar-refractivity contribution >= 4 is 17.5 Å². The zero-order valence-electron chi connectivity index (χ0n) is 12.1. The van der Waals surface area contributed by atoms with Crippen molar-refractivity contribution in [2.24, 2.45) is 0 Å². The molecule has 5 heteroatoms. The summed E-state index contributed by atoms with van der Waals surface area (Å²) in [6, 6.07) is 15.7. The van der Waals surface area contributed by atoms with Crippen molar-refractivity contribution in [2.75, 3.05) is 11.9 Å². The van der Waals surface area contributed by atoms with Crippen LogP contribution in [-0.2, 0) is 0 Å². The molecule has 0 saturated heterocycles. The highest BCUT2D eigenvalue weighted by Crippen LogP contribution is 2.18. The van der Waals surface area contributed by atoms with Crippen LogP contribution in [0.5, 0.6) is 0 Å². The van der Waals surface area contributed by atoms with Gasteiger partial charge in [-0.05, 0) is 36.8 Å². The number of carbonyl (C=O) groups is 2. The lowest BCUT2D eigenvalue weighted by Gasteiger charge is -2.10. The molecule has 0 fully saturated rings. The summed E-state index contributed by atoms with van der Waals surface area (Å²) in [4.78, 5) is 24.0. The molecule has 110 valence electrons. The lowest BCUT2D eigenvalue weighted by molar-refractivity contribution is 0.0957. The normalized spacial score (nSPS) is 9.64. The average Bonchev–Trinajstić information content (AvgIpc) is 2.55. The van der Waals surface area contributed by atoms with Gasteiger partial charge in [0.1, 0.15) is 6.54 Å². The molecule has 2 rings (SSSR count). The molecule has 0 bridgehead atoms. The first kappa shape index (κ1) is 15.3. The van der Waals surface area contributed by atoms with E-state index in [1.54, 1.807) is 42.5 Å². The molecule has 0 aromatic heterocycles. The van der Waals surface area contributed by atoms with E-state index in [4.69, 9.17) is 5.26 Å². The van der Waals surface area contributed by atoms with Crippen molar-refractivity contribution in [1.29, 1.82) is 5.26 Å². The molecular formula is C17H15N3O2. The lowest BCUT2D eigenvalue weighted by Crippen LogP contribution is -2.23. The largest absolute Gasteiger partial charge is 0.339 e. The molecule has 2 amide bonds. The number of hydrogen-bond acceptors (Lipinski definition) is 3. The van der Waals surface area contributed by atoms with E-state index < -0.39 is 0 Å². The van der Waals surface area contributed by atoms with Gasteiger partial charge in [-0.3, -0.25) is 9.59 Å². The second kappa shape index (κ2) is 7.04. The van der Waals surface area contributed by atoms with Crippen LogP contribution in [0, 0.1) is 18.3 Å². The Hall–Kier alpha value is -3.13. The molecule has 0 spiro atoms. The van der Waals surface area contributed by atoms with E-state index >= 15 is 0 Å². The van der Waals surface area contributed by atoms with Gasteiger partial charge in [-0.2, -0.15) is 5.26 Å². The van der Waals surface area contributed by atoms with Gasteiger partial charge in [0.15, 0.2) is 0 Å². The summed E-state index contributed by atoms with van der Waals surface area (Å²) >= 11 is 0. The van der Waals surface area contributed by atoms with E-state index in [9.17, 15) is 9.59 Å². The van der Waals surface area contributed by atoms with Crippen LogP contribution in [0.15, 0.2) is 48.5 Å². The summed E-state index contributed by atoms with van der Waals surface area (Å²) in [6.45, 7) is 1.79. The van der Waals surface area contributed by atoms with Crippen molar-refractivity contribution in [1.82, 2.24) is 5.32 Å². The standard InChI is InChI=1S/C17H15N3O2/c1-12-7-8-14(16(21)19-10-9-18)11-15(12)20-17(22)13-5-3-2-4-6-13/h2-8,11H,10H2,1H3,(H,19,21)(H,20,22). The number of amides is 2. The maximum atomic E-state index is 12.2. The fraction of sp³-hybridized carbons (Fsp3) is 0.118. The van der Waals surface area contributed by atoms with Gasteiger partial charge in [0, 0.05) is 16.8 Å². The Morgan fingerprint density at radius 1 is 1.05 bits per heavy atom. The van der Waals surface area contributed by atoms with E-state index in [-0.39, 0.29) is 18.4 Å². The second-order valence-electron chi connectivity index (χ2n) is 4.69. The van der Waals surface area contributed by atoms with E-state index in [2.05, 4.69) is 10.6 Å². The van der Waals surface area contributed by atoms with Gasteiger partial charge in [-0.15, -0.1) is 0 Å². The van der Waals surface area contributed by atoms with Crippen molar-refractivity contribution in [2.45, 2.75) is 6.92 Å². The zero-order valence-corrected chi connectivity index (χ0v) is 12.1. The third-order valence-electron chi connectivity index (χ3n) is 3.11. The Kier molecular flexibility index (Phi) is 4.89. The Morgan fingerprint density at radius 3 is 2.45 bits per heavy atom. The highest BCUT2D eigenvalue weighted by Gasteiger charge is 2.11. The topological polar surface area (TPSA) is 82.0 Å². The Balaban J connectivity index is 2.19. The zero-order chi connectivity index (χ0) is 15.9. The smallest absolute Gasteiger partial charge is 0.255 e. The molecule has 5 nitrogen and oxygen atoms in total. The van der Waals surface area contributed by atoms with Crippen LogP contribution in [-0.4, -0.2) is 18.4 Å². The lowest BCUT2D eigenvalue weighted by atomic mass is 10.1. The van der Waals surface area contributed by atoms with Crippen LogP contribution < -0.4 is 10.6 Å². The van der Waals surface area contributed by atoms with E-state index in [0.717, 1.165) is 5.56 Å². The summed E-state index contributed by atoms with van der Waals surface area (Å²) in [5, 5.41) is 13.7. The Labute approximate surface area is 128 Å². The maximum absolute atomic E-state index is 12.2. The number of anilines is 1. The van der Waals surface area contributed by atoms with Crippen LogP contribution in [0.1, 0.15) is 26.3 Å². The number of hydrogen-bond donors (Lipinski definition) is 2. The number of benzene rings is 2. The number of carbonyl (C=O) groups excluding carboxylic acids is 2. The van der Waals surface area contributed by atoms with Gasteiger partial charge >= 0.3 is 0 Å². The predicted molar refractivity (Wildman–Crippen MR) is 83.5 cm³/mol. The molecule has 0 heterocycles. The summed E-state index contributed by atoms with van der Waals surface area (Å²) < 4.78 is 0. The van der Waals surface area contributed by atoms with Crippen LogP contribution in [0.3, 0.4) is 0 Å². The molecule has 0 aliphatic carbocycles. The van der Waals surface area contributed by atoms with Crippen molar-refractivity contribution in [3.05, 3.63) is 65.2 Å². The first-order valence-corrected chi connectivity index (χ1v) is 6.74. The highest BCUT2D eigenvalue weighted by atomic mass is 16.2. The molecule has 0 aliphatic rings. The molecule has 2 N–H and O–H groups in total. The van der Waals surface area contributed by atoms with Crippen LogP contribution in [0.2, 0.25) is 0 Å². The van der Waals surface area contributed by atoms with Crippen molar-refractivity contribution in [3.8, 4) is 6.07 Å². The third-order valence-corrected chi connectivity index (χ3v) is 3.11. The van der Waals surface area contributed by atoms with Crippen molar-refractivity contribution < 1.29 is 9.59 Å².